The van der Waals surface area contributed by atoms with Gasteiger partial charge in [0.15, 0.2) is 0 Å². The Morgan fingerprint density at radius 1 is 1.03 bits per heavy atom. The molecule has 1 saturated heterocycles. The van der Waals surface area contributed by atoms with Crippen LogP contribution in [0.2, 0.25) is 0 Å². The van der Waals surface area contributed by atoms with Crippen molar-refractivity contribution in [2.75, 3.05) is 0 Å². The van der Waals surface area contributed by atoms with Gasteiger partial charge in [-0.1, -0.05) is 30.3 Å². The summed E-state index contributed by atoms with van der Waals surface area (Å²) in [5.41, 5.74) is 0.396. The van der Waals surface area contributed by atoms with Crippen LogP contribution in [0.3, 0.4) is 0 Å². The average molecular weight is 398 g/mol. The van der Waals surface area contributed by atoms with Crippen molar-refractivity contribution in [3.8, 4) is 0 Å². The molecule has 1 atom stereocenters. The Hall–Kier alpha value is -2.57. The van der Waals surface area contributed by atoms with Gasteiger partial charge in [0.2, 0.25) is 5.91 Å². The number of hydroxylamine groups is 1. The number of rotatable bonds is 3. The molecule has 1 aromatic rings. The summed E-state index contributed by atoms with van der Waals surface area (Å²) in [5.74, 6) is 0.887. The molecular formula is C22H26N2O5. The fourth-order valence-corrected chi connectivity index (χ4v) is 6.24. The summed E-state index contributed by atoms with van der Waals surface area (Å²) >= 11 is 0. The number of hydrogen-bond donors (Lipinski definition) is 0. The maximum absolute atomic E-state index is 13.2. The van der Waals surface area contributed by atoms with Gasteiger partial charge in [0.25, 0.3) is 0 Å². The molecule has 0 spiro atoms. The van der Waals surface area contributed by atoms with E-state index in [1.165, 1.54) is 31.2 Å². The molecule has 7 nitrogen and oxygen atoms in total. The summed E-state index contributed by atoms with van der Waals surface area (Å²) in [7, 11) is 0. The first-order chi connectivity index (χ1) is 13.9. The molecule has 5 aliphatic rings. The summed E-state index contributed by atoms with van der Waals surface area (Å²) in [6, 6.07) is 9.06. The number of carbonyl (C=O) groups is 3. The van der Waals surface area contributed by atoms with Crippen LogP contribution in [0, 0.1) is 17.8 Å². The van der Waals surface area contributed by atoms with Gasteiger partial charge in [-0.25, -0.2) is 14.6 Å². The van der Waals surface area contributed by atoms with E-state index in [4.69, 9.17) is 9.57 Å². The third-order valence-electron chi connectivity index (χ3n) is 6.96. The maximum Gasteiger partial charge on any atom is 0.464 e. The van der Waals surface area contributed by atoms with Gasteiger partial charge in [-0.3, -0.25) is 4.79 Å². The third kappa shape index (κ3) is 3.26. The van der Waals surface area contributed by atoms with E-state index >= 15 is 0 Å². The van der Waals surface area contributed by atoms with Crippen LogP contribution in [0.5, 0.6) is 0 Å². The van der Waals surface area contributed by atoms with Gasteiger partial charge in [-0.2, -0.15) is 0 Å². The highest BCUT2D eigenvalue weighted by Crippen LogP contribution is 2.57. The van der Waals surface area contributed by atoms with Crippen molar-refractivity contribution in [1.82, 2.24) is 10.2 Å². The normalized spacial score (nSPS) is 34.5. The Morgan fingerprint density at radius 2 is 1.62 bits per heavy atom. The topological polar surface area (TPSA) is 76.2 Å². The lowest BCUT2D eigenvalue weighted by Gasteiger charge is -2.56. The Bertz CT molecular complexity index is 804. The highest BCUT2D eigenvalue weighted by Gasteiger charge is 2.55. The van der Waals surface area contributed by atoms with Crippen LogP contribution in [-0.4, -0.2) is 33.8 Å². The highest BCUT2D eigenvalue weighted by molar-refractivity contribution is 5.86. The monoisotopic (exact) mass is 398 g/mol. The lowest BCUT2D eigenvalue weighted by atomic mass is 9.54. The molecule has 6 rings (SSSR count). The van der Waals surface area contributed by atoms with E-state index < -0.39 is 17.7 Å². The molecule has 4 bridgehead atoms. The molecule has 2 amide bonds. The SMILES string of the molecule is CC(=O)ON(C(=O)OC12CC3CC(CC(C3)C1)C2)N1C(=O)CC1c1ccccc1. The van der Waals surface area contributed by atoms with Gasteiger partial charge in [-0.15, -0.1) is 0 Å². The van der Waals surface area contributed by atoms with Gasteiger partial charge < -0.3 is 9.57 Å². The Kier molecular flexibility index (Phi) is 4.29. The van der Waals surface area contributed by atoms with E-state index in [0.717, 1.165) is 30.0 Å². The van der Waals surface area contributed by atoms with E-state index in [1.807, 2.05) is 30.3 Å². The molecule has 4 saturated carbocycles. The van der Waals surface area contributed by atoms with Crippen molar-refractivity contribution in [3.63, 3.8) is 0 Å². The van der Waals surface area contributed by atoms with E-state index in [-0.39, 0.29) is 18.4 Å². The van der Waals surface area contributed by atoms with Crippen LogP contribution in [0.25, 0.3) is 0 Å². The number of hydrogen-bond acceptors (Lipinski definition) is 5. The molecule has 1 aliphatic heterocycles. The minimum absolute atomic E-state index is 0.256. The van der Waals surface area contributed by atoms with Gasteiger partial charge in [0.1, 0.15) is 5.60 Å². The zero-order chi connectivity index (χ0) is 20.2. The second kappa shape index (κ2) is 6.75. The minimum atomic E-state index is -0.767. The van der Waals surface area contributed by atoms with Crippen LogP contribution >= 0.6 is 0 Å². The zero-order valence-corrected chi connectivity index (χ0v) is 16.6. The van der Waals surface area contributed by atoms with Crippen molar-refractivity contribution in [2.24, 2.45) is 17.8 Å². The summed E-state index contributed by atoms with van der Waals surface area (Å²) in [6.45, 7) is 1.22. The number of hydrazine groups is 1. The van der Waals surface area contributed by atoms with Gasteiger partial charge in [-0.05, 0) is 67.0 Å². The third-order valence-corrected chi connectivity index (χ3v) is 6.96. The smallest absolute Gasteiger partial charge is 0.439 e. The van der Waals surface area contributed by atoms with Crippen molar-refractivity contribution in [1.29, 1.82) is 0 Å². The van der Waals surface area contributed by atoms with Crippen LogP contribution < -0.4 is 0 Å². The van der Waals surface area contributed by atoms with E-state index in [0.29, 0.717) is 17.8 Å². The fourth-order valence-electron chi connectivity index (χ4n) is 6.24. The van der Waals surface area contributed by atoms with Crippen molar-refractivity contribution in [2.45, 2.75) is 63.5 Å². The lowest BCUT2D eigenvalue weighted by Crippen LogP contribution is -2.61. The van der Waals surface area contributed by atoms with Crippen LogP contribution in [0.15, 0.2) is 30.3 Å². The van der Waals surface area contributed by atoms with Crippen molar-refractivity contribution in [3.05, 3.63) is 35.9 Å². The second-order valence-electron chi connectivity index (χ2n) is 9.19. The van der Waals surface area contributed by atoms with Crippen LogP contribution in [-0.2, 0) is 19.2 Å². The first kappa shape index (κ1) is 18.5. The number of nitrogens with zero attached hydrogens (tertiary/aromatic N) is 2. The maximum atomic E-state index is 13.2. The van der Waals surface area contributed by atoms with E-state index in [1.54, 1.807) is 0 Å². The van der Waals surface area contributed by atoms with Gasteiger partial charge in [0, 0.05) is 6.92 Å². The molecule has 0 N–H and O–H groups in total. The molecular weight excluding hydrogens is 372 g/mol. The van der Waals surface area contributed by atoms with E-state index in [2.05, 4.69) is 0 Å². The molecule has 1 heterocycles. The van der Waals surface area contributed by atoms with Gasteiger partial charge in [0.05, 0.1) is 12.5 Å². The summed E-state index contributed by atoms with van der Waals surface area (Å²) in [5, 5.41) is 1.96. The molecule has 29 heavy (non-hydrogen) atoms. The minimum Gasteiger partial charge on any atom is -0.439 e. The highest BCUT2D eigenvalue weighted by atomic mass is 16.8. The molecule has 0 radical (unpaired) electrons. The summed E-state index contributed by atoms with van der Waals surface area (Å²) < 4.78 is 6.02. The second-order valence-corrected chi connectivity index (χ2v) is 9.19. The number of benzene rings is 1. The molecule has 1 aromatic carbocycles. The fraction of sp³-hybridized carbons (Fsp3) is 0.591. The van der Waals surface area contributed by atoms with Crippen LogP contribution in [0.1, 0.15) is 63.5 Å². The first-order valence-corrected chi connectivity index (χ1v) is 10.5. The number of amides is 2. The summed E-state index contributed by atoms with van der Waals surface area (Å²) in [4.78, 5) is 42.4. The molecule has 154 valence electrons. The first-order valence-electron chi connectivity index (χ1n) is 10.5. The standard InChI is InChI=1S/C22H26N2O5/c1-14(25)29-24(23-19(10-20(23)26)18-5-3-2-4-6-18)21(27)28-22-11-15-7-16(12-22)9-17(8-15)13-22/h2-6,15-17,19H,7-13H2,1H3. The molecule has 4 aliphatic carbocycles. The number of β-lactam (4-membered cyclic amide) rings is 1. The predicted octanol–water partition coefficient (Wildman–Crippen LogP) is 3.76. The lowest BCUT2D eigenvalue weighted by molar-refractivity contribution is -0.273. The zero-order valence-electron chi connectivity index (χ0n) is 16.6. The molecule has 7 heteroatoms. The van der Waals surface area contributed by atoms with Gasteiger partial charge >= 0.3 is 12.1 Å². The van der Waals surface area contributed by atoms with Crippen LogP contribution in [0.4, 0.5) is 4.79 Å². The number of carbonyl (C=O) groups excluding carboxylic acids is 3. The quantitative estimate of drug-likeness (QED) is 0.572. The largest absolute Gasteiger partial charge is 0.464 e. The Morgan fingerprint density at radius 3 is 2.14 bits per heavy atom. The predicted molar refractivity (Wildman–Crippen MR) is 102 cm³/mol. The van der Waals surface area contributed by atoms with Crippen molar-refractivity contribution < 1.29 is 24.0 Å². The average Bonchev–Trinajstić information content (AvgIpc) is 2.64. The molecule has 1 unspecified atom stereocenters. The number of ether oxygens (including phenoxy) is 1. The molecule has 0 aromatic heterocycles. The summed E-state index contributed by atoms with van der Waals surface area (Å²) in [6.07, 6.45) is 5.78. The van der Waals surface area contributed by atoms with E-state index in [9.17, 15) is 14.4 Å². The Balaban J connectivity index is 1.37. The van der Waals surface area contributed by atoms with Crippen molar-refractivity contribution >= 4 is 18.0 Å². The molecule has 5 fully saturated rings. The Labute approximate surface area is 169 Å².